The number of methoxy groups -OCH3 is 1. The van der Waals surface area contributed by atoms with Crippen LogP contribution in [-0.2, 0) is 0 Å². The van der Waals surface area contributed by atoms with Gasteiger partial charge in [-0.2, -0.15) is 0 Å². The summed E-state index contributed by atoms with van der Waals surface area (Å²) in [4.78, 5) is 23.7. The number of aliphatic hydroxyl groups excluding tert-OH is 2. The highest BCUT2D eigenvalue weighted by Gasteiger charge is 2.33. The maximum atomic E-state index is 12.2. The Morgan fingerprint density at radius 1 is 1.40 bits per heavy atom. The Hall–Kier alpha value is -2.19. The van der Waals surface area contributed by atoms with Crippen LogP contribution in [0.2, 0.25) is 0 Å². The minimum atomic E-state index is -0.993. The molecule has 0 unspecified atom stereocenters. The smallest absolute Gasteiger partial charge is 0.311 e. The van der Waals surface area contributed by atoms with Gasteiger partial charge in [-0.3, -0.25) is 14.9 Å². The first kappa shape index (κ1) is 14.2. The van der Waals surface area contributed by atoms with Crippen LogP contribution in [0.25, 0.3) is 0 Å². The molecule has 0 spiro atoms. The van der Waals surface area contributed by atoms with E-state index in [0.717, 1.165) is 6.07 Å². The number of nitro groups is 1. The van der Waals surface area contributed by atoms with Gasteiger partial charge in [0.05, 0.1) is 24.2 Å². The van der Waals surface area contributed by atoms with Gasteiger partial charge in [-0.05, 0) is 12.1 Å². The summed E-state index contributed by atoms with van der Waals surface area (Å²) in [5.41, 5.74) is -0.197. The van der Waals surface area contributed by atoms with Crippen molar-refractivity contribution in [3.8, 4) is 5.75 Å². The van der Waals surface area contributed by atoms with Crippen LogP contribution < -0.4 is 4.74 Å². The van der Waals surface area contributed by atoms with Crippen molar-refractivity contribution >= 4 is 11.6 Å². The molecule has 1 heterocycles. The fourth-order valence-corrected chi connectivity index (χ4v) is 2.08. The molecular formula is C12H14N2O6. The molecule has 0 aromatic heterocycles. The van der Waals surface area contributed by atoms with Gasteiger partial charge in [-0.1, -0.05) is 0 Å². The third kappa shape index (κ3) is 2.56. The Bertz CT molecular complexity index is 537. The first-order valence-electron chi connectivity index (χ1n) is 5.92. The fourth-order valence-electron chi connectivity index (χ4n) is 2.08. The minimum absolute atomic E-state index is 0.000172. The van der Waals surface area contributed by atoms with Crippen LogP contribution in [0.4, 0.5) is 5.69 Å². The Balaban J connectivity index is 2.27. The molecule has 2 rings (SSSR count). The standard InChI is InChI=1S/C12H14N2O6/c1-20-11-3-2-7(4-8(11)14(18)19)12(17)13-5-9(15)10(16)6-13/h2-4,9-10,15-16H,5-6H2,1H3/t9-,10+. The van der Waals surface area contributed by atoms with Crippen molar-refractivity contribution < 1.29 is 24.7 Å². The van der Waals surface area contributed by atoms with E-state index < -0.39 is 23.0 Å². The second-order valence-corrected chi connectivity index (χ2v) is 4.49. The third-order valence-corrected chi connectivity index (χ3v) is 3.17. The summed E-state index contributed by atoms with van der Waals surface area (Å²) in [5.74, 6) is -0.417. The number of likely N-dealkylation sites (tertiary alicyclic amines) is 1. The van der Waals surface area contributed by atoms with E-state index in [1.807, 2.05) is 0 Å². The molecule has 1 saturated heterocycles. The number of β-amino-alcohol motifs (C(OH)–C–C–N with tert-alkyl or cyclic N) is 2. The average Bonchev–Trinajstić information content (AvgIpc) is 2.77. The summed E-state index contributed by atoms with van der Waals surface area (Å²) in [7, 11) is 1.30. The van der Waals surface area contributed by atoms with Gasteiger partial charge in [0.2, 0.25) is 0 Å². The lowest BCUT2D eigenvalue weighted by Gasteiger charge is -2.15. The van der Waals surface area contributed by atoms with E-state index in [4.69, 9.17) is 4.74 Å². The SMILES string of the molecule is COc1ccc(C(=O)N2C[C@@H](O)[C@@H](O)C2)cc1[N+](=O)[O-]. The number of hydrogen-bond donors (Lipinski definition) is 2. The number of ether oxygens (including phenoxy) is 1. The van der Waals surface area contributed by atoms with Crippen LogP contribution in [0, 0.1) is 10.1 Å². The molecule has 8 heteroatoms. The second-order valence-electron chi connectivity index (χ2n) is 4.49. The highest BCUT2D eigenvalue weighted by atomic mass is 16.6. The molecule has 0 radical (unpaired) electrons. The van der Waals surface area contributed by atoms with E-state index >= 15 is 0 Å². The minimum Gasteiger partial charge on any atom is -0.490 e. The fraction of sp³-hybridized carbons (Fsp3) is 0.417. The van der Waals surface area contributed by atoms with Gasteiger partial charge < -0.3 is 19.8 Å². The third-order valence-electron chi connectivity index (χ3n) is 3.17. The first-order chi connectivity index (χ1) is 9.43. The average molecular weight is 282 g/mol. The van der Waals surface area contributed by atoms with Gasteiger partial charge in [0.25, 0.3) is 5.91 Å². The molecule has 0 aliphatic carbocycles. The van der Waals surface area contributed by atoms with Crippen molar-refractivity contribution in [1.82, 2.24) is 4.90 Å². The number of amides is 1. The lowest BCUT2D eigenvalue weighted by molar-refractivity contribution is -0.385. The molecular weight excluding hydrogens is 268 g/mol. The molecule has 1 fully saturated rings. The van der Waals surface area contributed by atoms with E-state index in [0.29, 0.717) is 0 Å². The van der Waals surface area contributed by atoms with Crippen molar-refractivity contribution in [3.63, 3.8) is 0 Å². The molecule has 2 N–H and O–H groups in total. The molecule has 1 amide bonds. The quantitative estimate of drug-likeness (QED) is 0.585. The number of nitro benzene ring substituents is 1. The predicted octanol–water partition coefficient (Wildman–Crippen LogP) is -0.219. The lowest BCUT2D eigenvalue weighted by atomic mass is 10.1. The van der Waals surface area contributed by atoms with E-state index in [1.165, 1.54) is 24.1 Å². The molecule has 0 saturated carbocycles. The number of hydrogen-bond acceptors (Lipinski definition) is 6. The summed E-state index contributed by atoms with van der Waals surface area (Å²) < 4.78 is 4.85. The highest BCUT2D eigenvalue weighted by molar-refractivity contribution is 5.95. The maximum absolute atomic E-state index is 12.2. The molecule has 20 heavy (non-hydrogen) atoms. The topological polar surface area (TPSA) is 113 Å². The van der Waals surface area contributed by atoms with Crippen molar-refractivity contribution in [2.75, 3.05) is 20.2 Å². The number of carbonyl (C=O) groups is 1. The van der Waals surface area contributed by atoms with Crippen LogP contribution >= 0.6 is 0 Å². The monoisotopic (exact) mass is 282 g/mol. The van der Waals surface area contributed by atoms with E-state index in [2.05, 4.69) is 0 Å². The number of aliphatic hydroxyl groups is 2. The second kappa shape index (κ2) is 5.43. The molecule has 1 aromatic carbocycles. The molecule has 1 aromatic rings. The van der Waals surface area contributed by atoms with Crippen LogP contribution in [0.1, 0.15) is 10.4 Å². The van der Waals surface area contributed by atoms with Crippen LogP contribution in [0.15, 0.2) is 18.2 Å². The van der Waals surface area contributed by atoms with E-state index in [9.17, 15) is 25.1 Å². The Morgan fingerprint density at radius 2 is 2.00 bits per heavy atom. The van der Waals surface area contributed by atoms with Gasteiger partial charge in [0.15, 0.2) is 5.75 Å². The first-order valence-corrected chi connectivity index (χ1v) is 5.92. The van der Waals surface area contributed by atoms with E-state index in [1.54, 1.807) is 0 Å². The highest BCUT2D eigenvalue weighted by Crippen LogP contribution is 2.28. The number of nitrogens with zero attached hydrogens (tertiary/aromatic N) is 2. The lowest BCUT2D eigenvalue weighted by Crippen LogP contribution is -2.29. The summed E-state index contributed by atoms with van der Waals surface area (Å²) in [5, 5.41) is 29.7. The van der Waals surface area contributed by atoms with Gasteiger partial charge in [0.1, 0.15) is 0 Å². The Kier molecular flexibility index (Phi) is 3.86. The molecule has 1 aliphatic heterocycles. The van der Waals surface area contributed by atoms with Crippen molar-refractivity contribution in [2.24, 2.45) is 0 Å². The van der Waals surface area contributed by atoms with Crippen molar-refractivity contribution in [3.05, 3.63) is 33.9 Å². The van der Waals surface area contributed by atoms with Gasteiger partial charge >= 0.3 is 5.69 Å². The van der Waals surface area contributed by atoms with Gasteiger partial charge in [-0.15, -0.1) is 0 Å². The molecule has 1 aliphatic rings. The van der Waals surface area contributed by atoms with Crippen LogP contribution in [0.5, 0.6) is 5.75 Å². The zero-order valence-corrected chi connectivity index (χ0v) is 10.7. The van der Waals surface area contributed by atoms with Gasteiger partial charge in [-0.25, -0.2) is 0 Å². The van der Waals surface area contributed by atoms with Crippen LogP contribution in [-0.4, -0.2) is 58.4 Å². The summed E-state index contributed by atoms with van der Waals surface area (Å²) in [6.07, 6.45) is -1.99. The maximum Gasteiger partial charge on any atom is 0.311 e. The van der Waals surface area contributed by atoms with Gasteiger partial charge in [0, 0.05) is 24.7 Å². The van der Waals surface area contributed by atoms with Crippen molar-refractivity contribution in [1.29, 1.82) is 0 Å². The zero-order valence-electron chi connectivity index (χ0n) is 10.7. The Labute approximate surface area is 114 Å². The number of carbonyl (C=O) groups excluding carboxylic acids is 1. The Morgan fingerprint density at radius 3 is 2.50 bits per heavy atom. The summed E-state index contributed by atoms with van der Waals surface area (Å²) in [6, 6.07) is 3.87. The molecule has 2 atom stereocenters. The predicted molar refractivity (Wildman–Crippen MR) is 67.6 cm³/mol. The molecule has 108 valence electrons. The molecule has 8 nitrogen and oxygen atoms in total. The summed E-state index contributed by atoms with van der Waals surface area (Å²) >= 11 is 0. The van der Waals surface area contributed by atoms with Crippen LogP contribution in [0.3, 0.4) is 0 Å². The zero-order chi connectivity index (χ0) is 14.9. The summed E-state index contributed by atoms with van der Waals surface area (Å²) in [6.45, 7) is -0.000344. The van der Waals surface area contributed by atoms with Crippen molar-refractivity contribution in [2.45, 2.75) is 12.2 Å². The number of benzene rings is 1. The molecule has 0 bridgehead atoms. The van der Waals surface area contributed by atoms with E-state index in [-0.39, 0.29) is 30.1 Å². The largest absolute Gasteiger partial charge is 0.490 e. The normalized spacial score (nSPS) is 21.9. The number of rotatable bonds is 3.